The Balaban J connectivity index is 1.99. The molecule has 96 valence electrons. The minimum absolute atomic E-state index is 0.859. The Morgan fingerprint density at radius 3 is 2.67 bits per heavy atom. The van der Waals surface area contributed by atoms with Gasteiger partial charge in [0, 0.05) is 20.1 Å². The summed E-state index contributed by atoms with van der Waals surface area (Å²) >= 11 is 0. The van der Waals surface area contributed by atoms with Crippen molar-refractivity contribution in [2.24, 2.45) is 13.0 Å². The smallest absolute Gasteiger partial charge is 0.206 e. The fourth-order valence-electron chi connectivity index (χ4n) is 2.79. The van der Waals surface area contributed by atoms with E-state index in [2.05, 4.69) is 48.6 Å². The van der Waals surface area contributed by atoms with Gasteiger partial charge in [0.25, 0.3) is 0 Å². The molecule has 0 spiro atoms. The molecule has 2 aromatic rings. The number of anilines is 1. The minimum atomic E-state index is 0.859. The number of hydrogen-bond acceptors (Lipinski definition) is 2. The molecule has 0 radical (unpaired) electrons. The van der Waals surface area contributed by atoms with Crippen LogP contribution in [0.2, 0.25) is 0 Å². The lowest BCUT2D eigenvalue weighted by Crippen LogP contribution is -2.34. The van der Waals surface area contributed by atoms with Gasteiger partial charge in [0.05, 0.1) is 11.0 Å². The first-order valence-electron chi connectivity index (χ1n) is 6.83. The van der Waals surface area contributed by atoms with Gasteiger partial charge in [0.2, 0.25) is 5.95 Å². The van der Waals surface area contributed by atoms with E-state index in [1.165, 1.54) is 23.9 Å². The fourth-order valence-corrected chi connectivity index (χ4v) is 2.79. The molecule has 1 fully saturated rings. The Labute approximate surface area is 108 Å². The lowest BCUT2D eigenvalue weighted by molar-refractivity contribution is 0.433. The highest BCUT2D eigenvalue weighted by Crippen LogP contribution is 2.26. The molecular weight excluding hydrogens is 222 g/mol. The topological polar surface area (TPSA) is 21.1 Å². The molecule has 1 aromatic heterocycles. The van der Waals surface area contributed by atoms with Gasteiger partial charge < -0.3 is 9.47 Å². The molecule has 0 saturated carbocycles. The molecule has 1 aromatic carbocycles. The third-order valence-electron chi connectivity index (χ3n) is 4.08. The lowest BCUT2D eigenvalue weighted by Gasteiger charge is -2.30. The van der Waals surface area contributed by atoms with Crippen LogP contribution in [0.4, 0.5) is 5.95 Å². The van der Waals surface area contributed by atoms with Gasteiger partial charge in [0.15, 0.2) is 0 Å². The van der Waals surface area contributed by atoms with E-state index in [1.54, 1.807) is 0 Å². The monoisotopic (exact) mass is 243 g/mol. The quantitative estimate of drug-likeness (QED) is 0.767. The van der Waals surface area contributed by atoms with Gasteiger partial charge in [-0.3, -0.25) is 0 Å². The summed E-state index contributed by atoms with van der Waals surface area (Å²) in [5, 5.41) is 0. The van der Waals surface area contributed by atoms with E-state index in [4.69, 9.17) is 4.98 Å². The third-order valence-corrected chi connectivity index (χ3v) is 4.08. The number of rotatable bonds is 1. The number of hydrogen-bond donors (Lipinski definition) is 0. The SMILES string of the molecule is Cc1ccc2c(c1)nc(N1CCC(C)CC1)n2C. The normalized spacial score (nSPS) is 17.6. The van der Waals surface area contributed by atoms with Gasteiger partial charge in [-0.2, -0.15) is 0 Å². The molecule has 1 aliphatic heterocycles. The van der Waals surface area contributed by atoms with Crippen LogP contribution in [0.5, 0.6) is 0 Å². The zero-order valence-corrected chi connectivity index (χ0v) is 11.5. The van der Waals surface area contributed by atoms with E-state index in [1.807, 2.05) is 0 Å². The molecule has 3 nitrogen and oxygen atoms in total. The van der Waals surface area contributed by atoms with Crippen molar-refractivity contribution >= 4 is 17.0 Å². The van der Waals surface area contributed by atoms with Crippen molar-refractivity contribution in [2.75, 3.05) is 18.0 Å². The first-order chi connectivity index (χ1) is 8.65. The first kappa shape index (κ1) is 11.6. The molecule has 0 unspecified atom stereocenters. The Morgan fingerprint density at radius 2 is 1.94 bits per heavy atom. The Hall–Kier alpha value is -1.51. The zero-order chi connectivity index (χ0) is 12.7. The second-order valence-corrected chi connectivity index (χ2v) is 5.63. The van der Waals surface area contributed by atoms with Crippen molar-refractivity contribution in [1.82, 2.24) is 9.55 Å². The van der Waals surface area contributed by atoms with Crippen molar-refractivity contribution < 1.29 is 0 Å². The summed E-state index contributed by atoms with van der Waals surface area (Å²) in [5.74, 6) is 1.99. The second-order valence-electron chi connectivity index (χ2n) is 5.63. The average Bonchev–Trinajstić information content (AvgIpc) is 2.67. The summed E-state index contributed by atoms with van der Waals surface area (Å²) in [7, 11) is 2.12. The van der Waals surface area contributed by atoms with Gasteiger partial charge in [-0.1, -0.05) is 13.0 Å². The molecule has 2 heterocycles. The number of benzene rings is 1. The van der Waals surface area contributed by atoms with Crippen LogP contribution in [0.3, 0.4) is 0 Å². The second kappa shape index (κ2) is 4.30. The van der Waals surface area contributed by atoms with Crippen LogP contribution in [0, 0.1) is 12.8 Å². The number of fused-ring (bicyclic) bond motifs is 1. The predicted molar refractivity (Wildman–Crippen MR) is 76.1 cm³/mol. The summed E-state index contributed by atoms with van der Waals surface area (Å²) in [6, 6.07) is 6.51. The number of aromatic nitrogens is 2. The highest BCUT2D eigenvalue weighted by atomic mass is 15.3. The van der Waals surface area contributed by atoms with E-state index in [-0.39, 0.29) is 0 Å². The largest absolute Gasteiger partial charge is 0.342 e. The van der Waals surface area contributed by atoms with Crippen LogP contribution in [0.25, 0.3) is 11.0 Å². The van der Waals surface area contributed by atoms with Gasteiger partial charge in [-0.05, 0) is 43.4 Å². The first-order valence-corrected chi connectivity index (χ1v) is 6.83. The third kappa shape index (κ3) is 1.88. The van der Waals surface area contributed by atoms with Crippen molar-refractivity contribution in [3.05, 3.63) is 23.8 Å². The maximum atomic E-state index is 4.81. The Kier molecular flexibility index (Phi) is 2.77. The molecule has 3 heteroatoms. The van der Waals surface area contributed by atoms with Crippen LogP contribution in [-0.2, 0) is 7.05 Å². The van der Waals surface area contributed by atoms with E-state index in [0.717, 1.165) is 30.5 Å². The van der Waals surface area contributed by atoms with Crippen molar-refractivity contribution in [3.8, 4) is 0 Å². The number of piperidine rings is 1. The molecule has 0 N–H and O–H groups in total. The molecule has 1 saturated heterocycles. The summed E-state index contributed by atoms with van der Waals surface area (Å²) < 4.78 is 2.23. The van der Waals surface area contributed by atoms with Crippen LogP contribution < -0.4 is 4.90 Å². The lowest BCUT2D eigenvalue weighted by atomic mass is 10.00. The number of imidazole rings is 1. The number of aryl methyl sites for hydroxylation is 2. The summed E-state index contributed by atoms with van der Waals surface area (Å²) in [6.45, 7) is 6.74. The minimum Gasteiger partial charge on any atom is -0.342 e. The Bertz CT molecular complexity index is 562. The molecule has 0 amide bonds. The van der Waals surface area contributed by atoms with Crippen LogP contribution in [0.15, 0.2) is 18.2 Å². The van der Waals surface area contributed by atoms with Gasteiger partial charge >= 0.3 is 0 Å². The van der Waals surface area contributed by atoms with E-state index < -0.39 is 0 Å². The molecular formula is C15H21N3. The highest BCUT2D eigenvalue weighted by Gasteiger charge is 2.20. The fraction of sp³-hybridized carbons (Fsp3) is 0.533. The van der Waals surface area contributed by atoms with Crippen LogP contribution >= 0.6 is 0 Å². The Morgan fingerprint density at radius 1 is 1.22 bits per heavy atom. The summed E-state index contributed by atoms with van der Waals surface area (Å²) in [4.78, 5) is 7.24. The number of nitrogens with zero attached hydrogens (tertiary/aromatic N) is 3. The molecule has 0 aliphatic carbocycles. The maximum absolute atomic E-state index is 4.81. The highest BCUT2D eigenvalue weighted by molar-refractivity contribution is 5.79. The predicted octanol–water partition coefficient (Wildman–Crippen LogP) is 3.12. The molecule has 18 heavy (non-hydrogen) atoms. The standard InChI is InChI=1S/C15H21N3/c1-11-6-8-18(9-7-11)15-16-13-10-12(2)4-5-14(13)17(15)3/h4-5,10-11H,6-9H2,1-3H3. The van der Waals surface area contributed by atoms with E-state index in [9.17, 15) is 0 Å². The van der Waals surface area contributed by atoms with Crippen LogP contribution in [-0.4, -0.2) is 22.6 Å². The molecule has 3 rings (SSSR count). The zero-order valence-electron chi connectivity index (χ0n) is 11.5. The van der Waals surface area contributed by atoms with Crippen molar-refractivity contribution in [2.45, 2.75) is 26.7 Å². The van der Waals surface area contributed by atoms with Crippen LogP contribution in [0.1, 0.15) is 25.3 Å². The van der Waals surface area contributed by atoms with Gasteiger partial charge in [0.1, 0.15) is 0 Å². The molecule has 1 aliphatic rings. The van der Waals surface area contributed by atoms with Crippen molar-refractivity contribution in [1.29, 1.82) is 0 Å². The van der Waals surface area contributed by atoms with E-state index in [0.29, 0.717) is 0 Å². The summed E-state index contributed by atoms with van der Waals surface area (Å²) in [6.07, 6.45) is 2.56. The average molecular weight is 243 g/mol. The van der Waals surface area contributed by atoms with Gasteiger partial charge in [-0.15, -0.1) is 0 Å². The van der Waals surface area contributed by atoms with E-state index >= 15 is 0 Å². The van der Waals surface area contributed by atoms with Gasteiger partial charge in [-0.25, -0.2) is 4.98 Å². The molecule has 0 atom stereocenters. The van der Waals surface area contributed by atoms with Crippen molar-refractivity contribution in [3.63, 3.8) is 0 Å². The summed E-state index contributed by atoms with van der Waals surface area (Å²) in [5.41, 5.74) is 3.62. The maximum Gasteiger partial charge on any atom is 0.206 e. The molecule has 0 bridgehead atoms.